The second kappa shape index (κ2) is 43.2. The van der Waals surface area contributed by atoms with Crippen molar-refractivity contribution in [1.82, 2.24) is 36.8 Å². The molecule has 0 aromatic rings. The third-order valence-electron chi connectivity index (χ3n) is 12.9. The summed E-state index contributed by atoms with van der Waals surface area (Å²) in [5.74, 6) is -5.40. The highest BCUT2D eigenvalue weighted by Crippen LogP contribution is 2.27. The summed E-state index contributed by atoms with van der Waals surface area (Å²) < 4.78 is 21.3. The van der Waals surface area contributed by atoms with E-state index in [0.29, 0.717) is 32.2 Å². The van der Waals surface area contributed by atoms with E-state index < -0.39 is 78.2 Å². The number of ketones is 2. The van der Waals surface area contributed by atoms with Crippen molar-refractivity contribution >= 4 is 64.8 Å². The fraction of sp³-hybridized carbons (Fsp3) is 0.800. The molecule has 0 aromatic carbocycles. The Morgan fingerprint density at radius 3 is 1.53 bits per heavy atom. The molecule has 0 radical (unpaired) electrons. The minimum absolute atomic E-state index is 0.0237. The predicted molar refractivity (Wildman–Crippen MR) is 293 cm³/mol. The smallest absolute Gasteiger partial charge is 0.326 e. The second-order valence-corrected chi connectivity index (χ2v) is 21.1. The molecule has 0 saturated carbocycles. The van der Waals surface area contributed by atoms with Crippen molar-refractivity contribution in [2.24, 2.45) is 11.1 Å². The summed E-state index contributed by atoms with van der Waals surface area (Å²) in [5.41, 5.74) is 4.61. The fourth-order valence-corrected chi connectivity index (χ4v) is 8.47. The zero-order chi connectivity index (χ0) is 58.9. The lowest BCUT2D eigenvalue weighted by Gasteiger charge is -2.31. The maximum Gasteiger partial charge on any atom is 0.326 e. The Balaban J connectivity index is 2.09. The third kappa shape index (κ3) is 37.1. The molecule has 0 aromatic heterocycles. The molecule has 1 fully saturated rings. The Hall–Kier alpha value is -5.59. The van der Waals surface area contributed by atoms with E-state index in [0.717, 1.165) is 32.1 Å². The average molecular weight is 1130 g/mol. The highest BCUT2D eigenvalue weighted by Gasteiger charge is 2.40. The Bertz CT molecular complexity index is 1880. The van der Waals surface area contributed by atoms with Gasteiger partial charge in [-0.15, -0.1) is 0 Å². The maximum absolute atomic E-state index is 13.3. The highest BCUT2D eigenvalue weighted by molar-refractivity contribution is 5.96. The quantitative estimate of drug-likeness (QED) is 0.0406. The van der Waals surface area contributed by atoms with Crippen molar-refractivity contribution in [2.75, 3.05) is 79.0 Å². The summed E-state index contributed by atoms with van der Waals surface area (Å²) in [4.78, 5) is 137. The number of likely N-dealkylation sites (tertiary alicyclic amines) is 1. The first-order valence-electron chi connectivity index (χ1n) is 28.5. The van der Waals surface area contributed by atoms with Crippen LogP contribution in [0.5, 0.6) is 0 Å². The van der Waals surface area contributed by atoms with E-state index in [-0.39, 0.29) is 121 Å². The molecule has 1 heterocycles. The average Bonchev–Trinajstić information content (AvgIpc) is 3.96. The maximum atomic E-state index is 13.3. The first kappa shape index (κ1) is 71.4. The van der Waals surface area contributed by atoms with Gasteiger partial charge in [0.1, 0.15) is 37.1 Å². The van der Waals surface area contributed by atoms with Gasteiger partial charge in [0.2, 0.25) is 47.3 Å². The molecule has 0 bridgehead atoms. The number of nitrogens with one attached hydrogen (secondary N) is 6. The SMILES string of the molecule is CC(=O)CCCCCCCCCCCCCCCCC(=O)N[C@H](CCC(=O)NCCOCCOCC(=O)NCCOCCOCC(=O)NCC(=O)N[C@@H](CCC(N)=O)C(=O)N[C@@H](C)C(=O)N1CCC[C@H]1C(=O)C(C)(C)C)C(=O)O. The minimum Gasteiger partial charge on any atom is -0.480 e. The van der Waals surface area contributed by atoms with Gasteiger partial charge < -0.3 is 71.4 Å². The number of unbranched alkanes of at least 4 members (excludes halogenated alkanes) is 13. The lowest BCUT2D eigenvalue weighted by molar-refractivity contribution is -0.143. The number of carbonyl (C=O) groups excluding carboxylic acids is 10. The molecule has 24 heteroatoms. The molecule has 1 saturated heterocycles. The van der Waals surface area contributed by atoms with Gasteiger partial charge in [-0.05, 0) is 52.4 Å². The van der Waals surface area contributed by atoms with Crippen LogP contribution in [0, 0.1) is 5.41 Å². The van der Waals surface area contributed by atoms with Gasteiger partial charge in [0.25, 0.3) is 0 Å². The number of Topliss-reactive ketones (excluding diaryl/α,β-unsaturated/α-hetero) is 2. The van der Waals surface area contributed by atoms with Crippen LogP contribution in [0.15, 0.2) is 0 Å². The minimum atomic E-state index is -1.25. The molecule has 9 N–H and O–H groups in total. The van der Waals surface area contributed by atoms with Gasteiger partial charge in [0, 0.05) is 50.7 Å². The van der Waals surface area contributed by atoms with E-state index in [4.69, 9.17) is 24.7 Å². The van der Waals surface area contributed by atoms with Gasteiger partial charge in [-0.1, -0.05) is 97.8 Å². The van der Waals surface area contributed by atoms with Crippen molar-refractivity contribution in [3.05, 3.63) is 0 Å². The van der Waals surface area contributed by atoms with Crippen LogP contribution in [0.3, 0.4) is 0 Å². The van der Waals surface area contributed by atoms with Gasteiger partial charge in [0.05, 0.1) is 52.2 Å². The first-order valence-corrected chi connectivity index (χ1v) is 28.5. The molecule has 79 heavy (non-hydrogen) atoms. The number of hydrogen-bond donors (Lipinski definition) is 8. The number of aliphatic carboxylic acids is 1. The van der Waals surface area contributed by atoms with Crippen LogP contribution in [0.2, 0.25) is 0 Å². The number of nitrogens with zero attached hydrogens (tertiary/aromatic N) is 1. The Labute approximate surface area is 467 Å². The number of carboxylic acid groups (broad SMARTS) is 1. The van der Waals surface area contributed by atoms with Crippen molar-refractivity contribution in [1.29, 1.82) is 0 Å². The summed E-state index contributed by atoms with van der Waals surface area (Å²) >= 11 is 0. The lowest BCUT2D eigenvalue weighted by Crippen LogP contribution is -2.56. The summed E-state index contributed by atoms with van der Waals surface area (Å²) in [6.07, 6.45) is 17.3. The van der Waals surface area contributed by atoms with Gasteiger partial charge in [-0.3, -0.25) is 43.2 Å². The predicted octanol–water partition coefficient (Wildman–Crippen LogP) is 2.44. The molecule has 0 unspecified atom stereocenters. The number of hydrogen-bond acceptors (Lipinski definition) is 15. The summed E-state index contributed by atoms with van der Waals surface area (Å²) in [6, 6.07) is -4.06. The largest absolute Gasteiger partial charge is 0.480 e. The summed E-state index contributed by atoms with van der Waals surface area (Å²) in [5, 5.41) is 24.7. The second-order valence-electron chi connectivity index (χ2n) is 21.1. The zero-order valence-corrected chi connectivity index (χ0v) is 47.9. The highest BCUT2D eigenvalue weighted by atomic mass is 16.5. The van der Waals surface area contributed by atoms with Crippen LogP contribution in [0.25, 0.3) is 0 Å². The molecule has 1 rings (SSSR count). The first-order chi connectivity index (χ1) is 37.6. The number of nitrogens with two attached hydrogens (primary N) is 1. The van der Waals surface area contributed by atoms with E-state index in [1.807, 2.05) is 0 Å². The van der Waals surface area contributed by atoms with Gasteiger partial charge in [-0.2, -0.15) is 0 Å². The third-order valence-corrected chi connectivity index (χ3v) is 12.9. The zero-order valence-electron chi connectivity index (χ0n) is 47.9. The van der Waals surface area contributed by atoms with Gasteiger partial charge in [-0.25, -0.2) is 4.79 Å². The van der Waals surface area contributed by atoms with Crippen molar-refractivity contribution in [3.63, 3.8) is 0 Å². The van der Waals surface area contributed by atoms with E-state index in [1.165, 1.54) is 63.2 Å². The molecule has 8 amide bonds. The van der Waals surface area contributed by atoms with Crippen LogP contribution >= 0.6 is 0 Å². The molecule has 1 aliphatic heterocycles. The summed E-state index contributed by atoms with van der Waals surface area (Å²) in [7, 11) is 0. The molecule has 4 atom stereocenters. The van der Waals surface area contributed by atoms with Crippen molar-refractivity contribution in [2.45, 2.75) is 200 Å². The topological polar surface area (TPSA) is 346 Å². The van der Waals surface area contributed by atoms with Gasteiger partial charge >= 0.3 is 5.97 Å². The Morgan fingerprint density at radius 1 is 0.557 bits per heavy atom. The van der Waals surface area contributed by atoms with Crippen LogP contribution < -0.4 is 37.6 Å². The number of rotatable bonds is 48. The standard InChI is InChI=1S/C55H96N8O16/c1-40(64)21-18-16-14-12-10-8-6-7-9-11-13-15-17-19-23-47(67)62-43(54(74)75)25-27-46(66)57-28-31-76-33-35-78-38-49(69)58-29-32-77-34-36-79-39-50(70)59-37-48(68)61-42(24-26-45(56)65)52(72)60-41(2)53(73)63-30-20-22-44(63)51(71)55(3,4)5/h41-44H,6-39H2,1-5H3,(H2,56,65)(H,57,66)(H,58,69)(H,59,70)(H,60,72)(H,61,68)(H,62,67)(H,74,75)/t41-,42-,43+,44-/m0/s1. The normalized spacial score (nSPS) is 14.3. The summed E-state index contributed by atoms with van der Waals surface area (Å²) in [6.45, 7) is 8.70. The van der Waals surface area contributed by atoms with Crippen LogP contribution in [0.1, 0.15) is 176 Å². The Kier molecular flexibility index (Phi) is 39.1. The molecule has 24 nitrogen and oxygen atoms in total. The molecule has 0 aliphatic carbocycles. The van der Waals surface area contributed by atoms with Crippen molar-refractivity contribution < 1.29 is 76.8 Å². The number of amides is 8. The van der Waals surface area contributed by atoms with E-state index in [1.54, 1.807) is 27.7 Å². The molecular weight excluding hydrogens is 1030 g/mol. The molecular formula is C55H96N8O16. The molecule has 0 spiro atoms. The fourth-order valence-electron chi connectivity index (χ4n) is 8.47. The lowest BCUT2D eigenvalue weighted by atomic mass is 9.85. The van der Waals surface area contributed by atoms with Crippen LogP contribution in [-0.2, 0) is 71.7 Å². The number of ether oxygens (including phenoxy) is 4. The van der Waals surface area contributed by atoms with Crippen molar-refractivity contribution in [3.8, 4) is 0 Å². The monoisotopic (exact) mass is 1120 g/mol. The number of primary amides is 1. The van der Waals surface area contributed by atoms with E-state index in [2.05, 4.69) is 31.9 Å². The molecule has 1 aliphatic rings. The van der Waals surface area contributed by atoms with E-state index >= 15 is 0 Å². The van der Waals surface area contributed by atoms with Crippen LogP contribution in [-0.4, -0.2) is 178 Å². The van der Waals surface area contributed by atoms with Gasteiger partial charge in [0.15, 0.2) is 5.78 Å². The number of carboxylic acids is 1. The van der Waals surface area contributed by atoms with E-state index in [9.17, 15) is 57.8 Å². The number of carbonyl (C=O) groups is 11. The van der Waals surface area contributed by atoms with Crippen LogP contribution in [0.4, 0.5) is 0 Å². The Morgan fingerprint density at radius 2 is 1.03 bits per heavy atom. The molecule has 452 valence electrons.